The van der Waals surface area contributed by atoms with E-state index in [4.69, 9.17) is 4.74 Å². The number of anilines is 2. The summed E-state index contributed by atoms with van der Waals surface area (Å²) in [6, 6.07) is 30.9. The average Bonchev–Trinajstić information content (AvgIpc) is 2.94. The molecule has 0 aliphatic heterocycles. The largest absolute Gasteiger partial charge is 0.493 e. The lowest BCUT2D eigenvalue weighted by Crippen LogP contribution is -2.32. The van der Waals surface area contributed by atoms with Gasteiger partial charge in [-0.05, 0) is 47.5 Å². The van der Waals surface area contributed by atoms with Gasteiger partial charge in [-0.2, -0.15) is 0 Å². The summed E-state index contributed by atoms with van der Waals surface area (Å²) in [6.07, 6.45) is 1.04. The maximum absolute atomic E-state index is 13.0. The van der Waals surface area contributed by atoms with E-state index in [9.17, 15) is 14.7 Å². The minimum atomic E-state index is -0.993. The molecule has 0 aliphatic carbocycles. The molecule has 0 aliphatic rings. The number of carboxylic acids is 1. The van der Waals surface area contributed by atoms with Crippen molar-refractivity contribution in [2.45, 2.75) is 18.9 Å². The molecule has 6 nitrogen and oxygen atoms in total. The molecule has 4 aromatic carbocycles. The van der Waals surface area contributed by atoms with Gasteiger partial charge in [0.25, 0.3) is 0 Å². The summed E-state index contributed by atoms with van der Waals surface area (Å²) >= 11 is 0. The van der Waals surface area contributed by atoms with Crippen LogP contribution in [0.25, 0.3) is 0 Å². The smallest absolute Gasteiger partial charge is 0.326 e. The zero-order chi connectivity index (χ0) is 26.9. The van der Waals surface area contributed by atoms with Gasteiger partial charge in [0, 0.05) is 49.4 Å². The topological polar surface area (TPSA) is 78.9 Å². The maximum atomic E-state index is 13.0. The standard InChI is InChI=1S/C32H32N2O4/c1-34(2)26-16-12-23(13-17-26)20-21-38-27-18-14-24(15-19-27)22-30(32(36)37)33-29-11-7-6-10-28(29)31(35)25-8-4-3-5-9-25/h3-19,30,33H,20-22H2,1-2H3,(H,36,37). The van der Waals surface area contributed by atoms with Crippen molar-refractivity contribution in [1.29, 1.82) is 0 Å². The van der Waals surface area contributed by atoms with Crippen molar-refractivity contribution in [1.82, 2.24) is 0 Å². The Morgan fingerprint density at radius 3 is 2.11 bits per heavy atom. The molecule has 0 fully saturated rings. The third-order valence-electron chi connectivity index (χ3n) is 6.31. The Hall–Kier alpha value is -4.58. The van der Waals surface area contributed by atoms with Gasteiger partial charge in [-0.15, -0.1) is 0 Å². The predicted octanol–water partition coefficient (Wildman–Crippen LogP) is 5.71. The van der Waals surface area contributed by atoms with E-state index in [1.165, 1.54) is 5.56 Å². The molecule has 0 bridgehead atoms. The number of hydrogen-bond donors (Lipinski definition) is 2. The van der Waals surface area contributed by atoms with E-state index in [1.54, 1.807) is 48.5 Å². The molecule has 1 atom stereocenters. The van der Waals surface area contributed by atoms with Crippen LogP contribution in [0.15, 0.2) is 103 Å². The number of rotatable bonds is 12. The first-order valence-corrected chi connectivity index (χ1v) is 12.6. The van der Waals surface area contributed by atoms with Crippen molar-refractivity contribution in [3.05, 3.63) is 125 Å². The van der Waals surface area contributed by atoms with Crippen molar-refractivity contribution < 1.29 is 19.4 Å². The van der Waals surface area contributed by atoms with E-state index in [-0.39, 0.29) is 12.2 Å². The van der Waals surface area contributed by atoms with Gasteiger partial charge in [0.1, 0.15) is 11.8 Å². The summed E-state index contributed by atoms with van der Waals surface area (Å²) < 4.78 is 5.89. The van der Waals surface area contributed by atoms with Crippen LogP contribution in [0.3, 0.4) is 0 Å². The van der Waals surface area contributed by atoms with Gasteiger partial charge < -0.3 is 20.1 Å². The van der Waals surface area contributed by atoms with E-state index in [2.05, 4.69) is 34.5 Å². The second-order valence-corrected chi connectivity index (χ2v) is 9.28. The van der Waals surface area contributed by atoms with Crippen molar-refractivity contribution in [3.63, 3.8) is 0 Å². The molecule has 0 amide bonds. The van der Waals surface area contributed by atoms with Crippen LogP contribution in [0.1, 0.15) is 27.0 Å². The average molecular weight is 509 g/mol. The van der Waals surface area contributed by atoms with Crippen LogP contribution in [0.5, 0.6) is 5.75 Å². The Kier molecular flexibility index (Phi) is 8.77. The zero-order valence-electron chi connectivity index (χ0n) is 21.6. The van der Waals surface area contributed by atoms with Crippen molar-refractivity contribution in [2.75, 3.05) is 30.9 Å². The molecule has 38 heavy (non-hydrogen) atoms. The van der Waals surface area contributed by atoms with Crippen molar-refractivity contribution >= 4 is 23.1 Å². The van der Waals surface area contributed by atoms with E-state index in [1.807, 2.05) is 44.4 Å². The second-order valence-electron chi connectivity index (χ2n) is 9.28. The van der Waals surface area contributed by atoms with Gasteiger partial charge in [-0.3, -0.25) is 4.79 Å². The van der Waals surface area contributed by atoms with Crippen LogP contribution in [0.4, 0.5) is 11.4 Å². The van der Waals surface area contributed by atoms with Crippen molar-refractivity contribution in [3.8, 4) is 5.75 Å². The molecule has 6 heteroatoms. The molecule has 4 aromatic rings. The van der Waals surface area contributed by atoms with Crippen LogP contribution in [-0.4, -0.2) is 43.6 Å². The first kappa shape index (κ1) is 26.5. The number of benzene rings is 4. The maximum Gasteiger partial charge on any atom is 0.326 e. The number of ketones is 1. The highest BCUT2D eigenvalue weighted by molar-refractivity contribution is 6.12. The molecule has 0 aromatic heterocycles. The number of carbonyl (C=O) groups is 2. The van der Waals surface area contributed by atoms with Crippen LogP contribution in [0, 0.1) is 0 Å². The molecule has 4 rings (SSSR count). The summed E-state index contributed by atoms with van der Waals surface area (Å²) in [4.78, 5) is 27.2. The fraction of sp³-hybridized carbons (Fsp3) is 0.188. The zero-order valence-corrected chi connectivity index (χ0v) is 21.6. The number of nitrogens with zero attached hydrogens (tertiary/aromatic N) is 1. The Morgan fingerprint density at radius 1 is 0.816 bits per heavy atom. The SMILES string of the molecule is CN(C)c1ccc(CCOc2ccc(CC(Nc3ccccc3C(=O)c3ccccc3)C(=O)O)cc2)cc1. The molecule has 0 saturated heterocycles. The van der Waals surface area contributed by atoms with E-state index < -0.39 is 12.0 Å². The molecule has 2 N–H and O–H groups in total. The van der Waals surface area contributed by atoms with E-state index in [0.717, 1.165) is 23.4 Å². The Bertz CT molecular complexity index is 1350. The minimum Gasteiger partial charge on any atom is -0.493 e. The first-order chi connectivity index (χ1) is 18.4. The highest BCUT2D eigenvalue weighted by Gasteiger charge is 2.21. The Morgan fingerprint density at radius 2 is 1.45 bits per heavy atom. The summed E-state index contributed by atoms with van der Waals surface area (Å²) in [5, 5.41) is 13.0. The lowest BCUT2D eigenvalue weighted by molar-refractivity contribution is -0.137. The van der Waals surface area contributed by atoms with E-state index >= 15 is 0 Å². The molecule has 1 unspecified atom stereocenters. The number of carboxylic acid groups (broad SMARTS) is 1. The first-order valence-electron chi connectivity index (χ1n) is 12.6. The summed E-state index contributed by atoms with van der Waals surface area (Å²) in [5.74, 6) is -0.419. The number of carbonyl (C=O) groups excluding carboxylic acids is 1. The normalized spacial score (nSPS) is 11.4. The predicted molar refractivity (Wildman–Crippen MR) is 151 cm³/mol. The quantitative estimate of drug-likeness (QED) is 0.239. The number of nitrogens with one attached hydrogen (secondary N) is 1. The Labute approximate surface area is 223 Å². The highest BCUT2D eigenvalue weighted by Crippen LogP contribution is 2.22. The molecule has 0 heterocycles. The number of para-hydroxylation sites is 1. The number of hydrogen-bond acceptors (Lipinski definition) is 5. The third-order valence-corrected chi connectivity index (χ3v) is 6.31. The van der Waals surface area contributed by atoms with Gasteiger partial charge in [0.05, 0.1) is 6.61 Å². The molecule has 0 saturated carbocycles. The van der Waals surface area contributed by atoms with Crippen LogP contribution >= 0.6 is 0 Å². The summed E-state index contributed by atoms with van der Waals surface area (Å²) in [5.41, 5.74) is 4.69. The van der Waals surface area contributed by atoms with Crippen LogP contribution < -0.4 is 15.0 Å². The van der Waals surface area contributed by atoms with Gasteiger partial charge in [0.15, 0.2) is 5.78 Å². The molecule has 194 valence electrons. The minimum absolute atomic E-state index is 0.159. The Balaban J connectivity index is 1.36. The summed E-state index contributed by atoms with van der Waals surface area (Å²) in [6.45, 7) is 0.548. The summed E-state index contributed by atoms with van der Waals surface area (Å²) in [7, 11) is 4.03. The van der Waals surface area contributed by atoms with Crippen molar-refractivity contribution in [2.24, 2.45) is 0 Å². The second kappa shape index (κ2) is 12.6. The van der Waals surface area contributed by atoms with Gasteiger partial charge in [-0.1, -0.05) is 66.7 Å². The molecule has 0 spiro atoms. The monoisotopic (exact) mass is 508 g/mol. The van der Waals surface area contributed by atoms with Crippen LogP contribution in [0.2, 0.25) is 0 Å². The lowest BCUT2D eigenvalue weighted by atomic mass is 10.00. The van der Waals surface area contributed by atoms with Crippen LogP contribution in [-0.2, 0) is 17.6 Å². The molecular formula is C32H32N2O4. The third kappa shape index (κ3) is 7.01. The van der Waals surface area contributed by atoms with Gasteiger partial charge >= 0.3 is 5.97 Å². The molecule has 0 radical (unpaired) electrons. The number of ether oxygens (including phenoxy) is 1. The van der Waals surface area contributed by atoms with Gasteiger partial charge in [-0.25, -0.2) is 4.79 Å². The lowest BCUT2D eigenvalue weighted by Gasteiger charge is -2.18. The highest BCUT2D eigenvalue weighted by atomic mass is 16.5. The number of aliphatic carboxylic acids is 1. The molecular weight excluding hydrogens is 476 g/mol. The van der Waals surface area contributed by atoms with E-state index in [0.29, 0.717) is 23.4 Å². The van der Waals surface area contributed by atoms with Gasteiger partial charge in [0.2, 0.25) is 0 Å². The fourth-order valence-corrected chi connectivity index (χ4v) is 4.14. The fourth-order valence-electron chi connectivity index (χ4n) is 4.14.